The van der Waals surface area contributed by atoms with E-state index in [4.69, 9.17) is 23.2 Å². The van der Waals surface area contributed by atoms with Gasteiger partial charge >= 0.3 is 0 Å². The molecule has 0 saturated carbocycles. The van der Waals surface area contributed by atoms with Gasteiger partial charge in [0.05, 0.1) is 16.9 Å². The maximum absolute atomic E-state index is 12.3. The fourth-order valence-electron chi connectivity index (χ4n) is 2.13. The molecule has 126 valence electrons. The van der Waals surface area contributed by atoms with E-state index in [0.29, 0.717) is 26.2 Å². The van der Waals surface area contributed by atoms with E-state index in [1.54, 1.807) is 25.1 Å². The Kier molecular flexibility index (Phi) is 5.48. The van der Waals surface area contributed by atoms with Crippen LogP contribution in [0.25, 0.3) is 10.6 Å². The van der Waals surface area contributed by atoms with Crippen LogP contribution in [0.2, 0.25) is 10.0 Å². The van der Waals surface area contributed by atoms with Crippen LogP contribution in [0.4, 0.5) is 0 Å². The average Bonchev–Trinajstić information content (AvgIpc) is 2.99. The first kappa shape index (κ1) is 17.6. The standard InChI is InChI=1S/C18H13Cl2N3OS/c1-11-16(25-18(22-11)12-5-3-2-4-6-12)17(24)23-21-10-13-7-8-14(19)9-15(13)20/h2-10H,1H3,(H,23,24)/b21-10+. The number of carbonyl (C=O) groups is 1. The van der Waals surface area contributed by atoms with E-state index in [0.717, 1.165) is 10.6 Å². The molecular weight excluding hydrogens is 377 g/mol. The Morgan fingerprint density at radius 1 is 1.20 bits per heavy atom. The molecule has 0 unspecified atom stereocenters. The zero-order valence-corrected chi connectivity index (χ0v) is 15.5. The number of carbonyl (C=O) groups excluding carboxylic acids is 1. The van der Waals surface area contributed by atoms with Crippen molar-refractivity contribution in [3.8, 4) is 10.6 Å². The van der Waals surface area contributed by atoms with Crippen LogP contribution in [-0.4, -0.2) is 17.1 Å². The first-order chi connectivity index (χ1) is 12.0. The molecule has 0 saturated heterocycles. The van der Waals surface area contributed by atoms with Crippen LogP contribution < -0.4 is 5.43 Å². The van der Waals surface area contributed by atoms with Crippen molar-refractivity contribution < 1.29 is 4.79 Å². The van der Waals surface area contributed by atoms with Crippen molar-refractivity contribution in [1.29, 1.82) is 0 Å². The summed E-state index contributed by atoms with van der Waals surface area (Å²) in [4.78, 5) is 17.3. The summed E-state index contributed by atoms with van der Waals surface area (Å²) in [7, 11) is 0. The van der Waals surface area contributed by atoms with Crippen LogP contribution in [0, 0.1) is 6.92 Å². The lowest BCUT2D eigenvalue weighted by molar-refractivity contribution is 0.0958. The smallest absolute Gasteiger partial charge is 0.266 e. The number of hydrogen-bond donors (Lipinski definition) is 1. The number of hydrogen-bond acceptors (Lipinski definition) is 4. The topological polar surface area (TPSA) is 54.4 Å². The van der Waals surface area contributed by atoms with Gasteiger partial charge in [0.25, 0.3) is 5.91 Å². The summed E-state index contributed by atoms with van der Waals surface area (Å²) in [5.41, 5.74) is 4.81. The molecule has 0 aliphatic heterocycles. The molecule has 1 N–H and O–H groups in total. The van der Waals surface area contributed by atoms with Gasteiger partial charge in [0.2, 0.25) is 0 Å². The van der Waals surface area contributed by atoms with Gasteiger partial charge in [-0.2, -0.15) is 5.10 Å². The minimum Gasteiger partial charge on any atom is -0.266 e. The summed E-state index contributed by atoms with van der Waals surface area (Å²) in [6.07, 6.45) is 1.48. The van der Waals surface area contributed by atoms with E-state index in [1.807, 2.05) is 30.3 Å². The molecule has 0 fully saturated rings. The van der Waals surface area contributed by atoms with Gasteiger partial charge < -0.3 is 0 Å². The quantitative estimate of drug-likeness (QED) is 0.492. The number of benzene rings is 2. The third kappa shape index (κ3) is 4.25. The molecule has 1 heterocycles. The van der Waals surface area contributed by atoms with Crippen molar-refractivity contribution >= 4 is 46.7 Å². The monoisotopic (exact) mass is 389 g/mol. The molecule has 0 aliphatic rings. The molecular formula is C18H13Cl2N3OS. The van der Waals surface area contributed by atoms with Crippen molar-refractivity contribution in [2.24, 2.45) is 5.10 Å². The molecule has 3 aromatic rings. The van der Waals surface area contributed by atoms with E-state index >= 15 is 0 Å². The van der Waals surface area contributed by atoms with Crippen molar-refractivity contribution in [3.05, 3.63) is 74.7 Å². The van der Waals surface area contributed by atoms with Crippen LogP contribution in [0.3, 0.4) is 0 Å². The lowest BCUT2D eigenvalue weighted by atomic mass is 10.2. The molecule has 0 radical (unpaired) electrons. The summed E-state index contributed by atoms with van der Waals surface area (Å²) in [5, 5.41) is 5.76. The number of rotatable bonds is 4. The minimum atomic E-state index is -0.307. The highest BCUT2D eigenvalue weighted by Gasteiger charge is 2.15. The largest absolute Gasteiger partial charge is 0.283 e. The Bertz CT molecular complexity index is 939. The Hall–Kier alpha value is -2.21. The Morgan fingerprint density at radius 3 is 2.68 bits per heavy atom. The van der Waals surface area contributed by atoms with E-state index in [9.17, 15) is 4.79 Å². The van der Waals surface area contributed by atoms with E-state index < -0.39 is 0 Å². The highest BCUT2D eigenvalue weighted by Crippen LogP contribution is 2.27. The van der Waals surface area contributed by atoms with Gasteiger partial charge in [-0.3, -0.25) is 4.79 Å². The normalized spacial score (nSPS) is 11.0. The van der Waals surface area contributed by atoms with Crippen LogP contribution in [0.15, 0.2) is 53.6 Å². The summed E-state index contributed by atoms with van der Waals surface area (Å²) < 4.78 is 0. The van der Waals surface area contributed by atoms with Crippen molar-refractivity contribution in [1.82, 2.24) is 10.4 Å². The summed E-state index contributed by atoms with van der Waals surface area (Å²) in [5.74, 6) is -0.307. The number of hydrazone groups is 1. The third-order valence-corrected chi connectivity index (χ3v) is 5.12. The number of thiazole rings is 1. The average molecular weight is 390 g/mol. The molecule has 25 heavy (non-hydrogen) atoms. The highest BCUT2D eigenvalue weighted by atomic mass is 35.5. The number of halogens is 2. The number of aryl methyl sites for hydroxylation is 1. The van der Waals surface area contributed by atoms with Crippen molar-refractivity contribution in [3.63, 3.8) is 0 Å². The van der Waals surface area contributed by atoms with Gasteiger partial charge in [-0.25, -0.2) is 10.4 Å². The fraction of sp³-hybridized carbons (Fsp3) is 0.0556. The fourth-order valence-corrected chi connectivity index (χ4v) is 3.55. The number of amides is 1. The molecule has 1 aromatic heterocycles. The number of aromatic nitrogens is 1. The minimum absolute atomic E-state index is 0.307. The number of nitrogens with zero attached hydrogens (tertiary/aromatic N) is 2. The van der Waals surface area contributed by atoms with Gasteiger partial charge in [-0.1, -0.05) is 59.6 Å². The lowest BCUT2D eigenvalue weighted by Gasteiger charge is -1.99. The molecule has 2 aromatic carbocycles. The molecule has 0 spiro atoms. The Balaban J connectivity index is 1.73. The second-order valence-electron chi connectivity index (χ2n) is 5.16. The first-order valence-corrected chi connectivity index (χ1v) is 8.93. The molecule has 7 heteroatoms. The molecule has 1 amide bonds. The van der Waals surface area contributed by atoms with Gasteiger partial charge in [-0.05, 0) is 19.1 Å². The van der Waals surface area contributed by atoms with Gasteiger partial charge in [-0.15, -0.1) is 11.3 Å². The van der Waals surface area contributed by atoms with Crippen molar-refractivity contribution in [2.45, 2.75) is 6.92 Å². The Labute approximate surface area is 159 Å². The van der Waals surface area contributed by atoms with E-state index in [2.05, 4.69) is 15.5 Å². The van der Waals surface area contributed by atoms with Crippen LogP contribution in [0.1, 0.15) is 20.9 Å². The SMILES string of the molecule is Cc1nc(-c2ccccc2)sc1C(=O)N/N=C/c1ccc(Cl)cc1Cl. The highest BCUT2D eigenvalue weighted by molar-refractivity contribution is 7.17. The van der Waals surface area contributed by atoms with E-state index in [1.165, 1.54) is 17.6 Å². The second-order valence-corrected chi connectivity index (χ2v) is 7.01. The molecule has 4 nitrogen and oxygen atoms in total. The third-order valence-electron chi connectivity index (χ3n) is 3.36. The molecule has 0 bridgehead atoms. The molecule has 0 aliphatic carbocycles. The van der Waals surface area contributed by atoms with Crippen LogP contribution in [0.5, 0.6) is 0 Å². The van der Waals surface area contributed by atoms with Crippen molar-refractivity contribution in [2.75, 3.05) is 0 Å². The summed E-state index contributed by atoms with van der Waals surface area (Å²) >= 11 is 13.2. The predicted molar refractivity (Wildman–Crippen MR) is 104 cm³/mol. The van der Waals surface area contributed by atoms with Gasteiger partial charge in [0.1, 0.15) is 9.88 Å². The maximum Gasteiger partial charge on any atom is 0.283 e. The molecule has 0 atom stereocenters. The zero-order chi connectivity index (χ0) is 17.8. The second kappa shape index (κ2) is 7.78. The summed E-state index contributed by atoms with van der Waals surface area (Å²) in [6, 6.07) is 14.8. The molecule has 3 rings (SSSR count). The van der Waals surface area contributed by atoms with Gasteiger partial charge in [0.15, 0.2) is 0 Å². The van der Waals surface area contributed by atoms with E-state index in [-0.39, 0.29) is 5.91 Å². The maximum atomic E-state index is 12.3. The number of nitrogens with one attached hydrogen (secondary N) is 1. The lowest BCUT2D eigenvalue weighted by Crippen LogP contribution is -2.17. The van der Waals surface area contributed by atoms with Crippen LogP contribution in [-0.2, 0) is 0 Å². The Morgan fingerprint density at radius 2 is 1.96 bits per heavy atom. The first-order valence-electron chi connectivity index (χ1n) is 7.36. The predicted octanol–water partition coefficient (Wildman–Crippen LogP) is 5.19. The zero-order valence-electron chi connectivity index (χ0n) is 13.2. The summed E-state index contributed by atoms with van der Waals surface area (Å²) in [6.45, 7) is 1.80. The van der Waals surface area contributed by atoms with Crippen LogP contribution >= 0.6 is 34.5 Å². The van der Waals surface area contributed by atoms with Gasteiger partial charge in [0, 0.05) is 16.1 Å².